The molecule has 2 bridgehead atoms. The van der Waals surface area contributed by atoms with Crippen molar-refractivity contribution in [3.05, 3.63) is 27.8 Å². The molecule has 118 valence electrons. The molecule has 2 fully saturated rings. The van der Waals surface area contributed by atoms with Crippen LogP contribution in [-0.4, -0.2) is 18.5 Å². The molecule has 3 rings (SSSR count). The second-order valence-corrected chi connectivity index (χ2v) is 7.60. The Kier molecular flexibility index (Phi) is 5.00. The molecule has 2 aliphatic carbocycles. The van der Waals surface area contributed by atoms with Crippen molar-refractivity contribution >= 4 is 40.2 Å². The van der Waals surface area contributed by atoms with Gasteiger partial charge in [0.15, 0.2) is 6.61 Å². The van der Waals surface area contributed by atoms with E-state index >= 15 is 0 Å². The number of ether oxygens (including phenoxy) is 1. The van der Waals surface area contributed by atoms with Gasteiger partial charge in [-0.2, -0.15) is 0 Å². The smallest absolute Gasteiger partial charge is 0.306 e. The third-order valence-corrected chi connectivity index (χ3v) is 5.46. The molecule has 22 heavy (non-hydrogen) atoms. The zero-order valence-corrected chi connectivity index (χ0v) is 14.5. The first-order valence-electron chi connectivity index (χ1n) is 7.81. The molecular weight excluding hydrogens is 393 g/mol. The van der Waals surface area contributed by atoms with Crippen LogP contribution in [-0.2, 0) is 14.3 Å². The number of rotatable bonds is 5. The van der Waals surface area contributed by atoms with E-state index in [0.717, 1.165) is 21.6 Å². The van der Waals surface area contributed by atoms with E-state index in [0.29, 0.717) is 18.3 Å². The Balaban J connectivity index is 1.40. The van der Waals surface area contributed by atoms with Gasteiger partial charge in [0.25, 0.3) is 5.91 Å². The van der Waals surface area contributed by atoms with Gasteiger partial charge in [-0.15, -0.1) is 0 Å². The number of nitrogens with one attached hydrogen (secondary N) is 1. The maximum Gasteiger partial charge on any atom is 0.306 e. The van der Waals surface area contributed by atoms with Crippen LogP contribution in [0.2, 0.25) is 0 Å². The summed E-state index contributed by atoms with van der Waals surface area (Å²) in [5, 5.41) is 2.74. The van der Waals surface area contributed by atoms with E-state index in [1.54, 1.807) is 0 Å². The van der Waals surface area contributed by atoms with Crippen LogP contribution in [0.15, 0.2) is 24.3 Å². The highest BCUT2D eigenvalue weighted by atomic mass is 127. The van der Waals surface area contributed by atoms with Gasteiger partial charge in [0.05, 0.1) is 0 Å². The van der Waals surface area contributed by atoms with E-state index in [1.165, 1.54) is 19.3 Å². The molecule has 1 amide bonds. The fraction of sp³-hybridized carbons (Fsp3) is 0.529. The molecule has 0 saturated heterocycles. The summed E-state index contributed by atoms with van der Waals surface area (Å²) in [6.07, 6.45) is 5.50. The molecule has 1 aromatic rings. The van der Waals surface area contributed by atoms with Crippen LogP contribution < -0.4 is 5.32 Å². The van der Waals surface area contributed by atoms with Crippen molar-refractivity contribution in [2.24, 2.45) is 17.8 Å². The van der Waals surface area contributed by atoms with Crippen LogP contribution in [0.3, 0.4) is 0 Å². The summed E-state index contributed by atoms with van der Waals surface area (Å²) in [5.74, 6) is 1.48. The quantitative estimate of drug-likeness (QED) is 0.593. The predicted molar refractivity (Wildman–Crippen MR) is 92.3 cm³/mol. The summed E-state index contributed by atoms with van der Waals surface area (Å²) in [6, 6.07) is 7.51. The number of esters is 1. The van der Waals surface area contributed by atoms with Crippen LogP contribution in [0.4, 0.5) is 5.69 Å². The number of fused-ring (bicyclic) bond motifs is 2. The number of halogens is 1. The fourth-order valence-corrected chi connectivity index (χ4v) is 4.35. The molecule has 5 heteroatoms. The summed E-state index contributed by atoms with van der Waals surface area (Å²) >= 11 is 2.18. The van der Waals surface area contributed by atoms with Crippen LogP contribution in [0.25, 0.3) is 0 Å². The lowest BCUT2D eigenvalue weighted by Gasteiger charge is -2.20. The lowest BCUT2D eigenvalue weighted by atomic mass is 9.86. The van der Waals surface area contributed by atoms with Gasteiger partial charge >= 0.3 is 5.97 Å². The van der Waals surface area contributed by atoms with Crippen LogP contribution in [0, 0.1) is 21.3 Å². The van der Waals surface area contributed by atoms with Crippen molar-refractivity contribution in [1.82, 2.24) is 0 Å². The number of hydrogen-bond donors (Lipinski definition) is 1. The van der Waals surface area contributed by atoms with E-state index < -0.39 is 0 Å². The van der Waals surface area contributed by atoms with Gasteiger partial charge < -0.3 is 10.1 Å². The standard InChI is InChI=1S/C17H20INO3/c18-14-2-1-3-15(9-14)19-16(20)10-22-17(21)8-13-7-11-4-5-12(13)6-11/h1-3,9,11-13H,4-8,10H2,(H,19,20)/t11-,12+,13-/m1/s1. The van der Waals surface area contributed by atoms with Gasteiger partial charge in [0, 0.05) is 15.7 Å². The summed E-state index contributed by atoms with van der Waals surface area (Å²) in [6.45, 7) is -0.203. The van der Waals surface area contributed by atoms with Gasteiger partial charge in [-0.1, -0.05) is 12.5 Å². The van der Waals surface area contributed by atoms with Crippen molar-refractivity contribution < 1.29 is 14.3 Å². The largest absolute Gasteiger partial charge is 0.456 e. The zero-order chi connectivity index (χ0) is 15.5. The number of anilines is 1. The minimum absolute atomic E-state index is 0.203. The highest BCUT2D eigenvalue weighted by Crippen LogP contribution is 2.49. The summed E-state index contributed by atoms with van der Waals surface area (Å²) < 4.78 is 6.17. The Hall–Kier alpha value is -1.11. The lowest BCUT2D eigenvalue weighted by molar-refractivity contribution is -0.148. The SMILES string of the molecule is O=C(COC(=O)C[C@H]1C[C@@H]2CC[C@H]1C2)Nc1cccc(I)c1. The molecular formula is C17H20INO3. The highest BCUT2D eigenvalue weighted by molar-refractivity contribution is 14.1. The predicted octanol–water partition coefficient (Wildman–Crippen LogP) is 3.60. The number of carbonyl (C=O) groups excluding carboxylic acids is 2. The summed E-state index contributed by atoms with van der Waals surface area (Å²) in [4.78, 5) is 23.7. The minimum Gasteiger partial charge on any atom is -0.456 e. The van der Waals surface area contributed by atoms with Crippen LogP contribution >= 0.6 is 22.6 Å². The van der Waals surface area contributed by atoms with E-state index in [4.69, 9.17) is 4.74 Å². The van der Waals surface area contributed by atoms with Crippen molar-refractivity contribution in [3.63, 3.8) is 0 Å². The lowest BCUT2D eigenvalue weighted by Crippen LogP contribution is -2.23. The number of carbonyl (C=O) groups is 2. The van der Waals surface area contributed by atoms with Crippen LogP contribution in [0.1, 0.15) is 32.1 Å². The molecule has 4 nitrogen and oxygen atoms in total. The molecule has 2 saturated carbocycles. The molecule has 0 radical (unpaired) electrons. The highest BCUT2D eigenvalue weighted by Gasteiger charge is 2.40. The molecule has 0 unspecified atom stereocenters. The Morgan fingerprint density at radius 3 is 2.82 bits per heavy atom. The molecule has 0 aliphatic heterocycles. The Labute approximate surface area is 144 Å². The van der Waals surface area contributed by atoms with Crippen molar-refractivity contribution in [2.75, 3.05) is 11.9 Å². The van der Waals surface area contributed by atoms with Gasteiger partial charge in [-0.3, -0.25) is 9.59 Å². The molecule has 2 aliphatic rings. The first-order valence-corrected chi connectivity index (χ1v) is 8.89. The monoisotopic (exact) mass is 413 g/mol. The molecule has 1 N–H and O–H groups in total. The number of hydrogen-bond acceptors (Lipinski definition) is 3. The van der Waals surface area contributed by atoms with Gasteiger partial charge in [0.2, 0.25) is 0 Å². The number of benzene rings is 1. The molecule has 0 aromatic heterocycles. The second-order valence-electron chi connectivity index (χ2n) is 6.36. The number of amides is 1. The van der Waals surface area contributed by atoms with Crippen molar-refractivity contribution in [1.29, 1.82) is 0 Å². The average Bonchev–Trinajstić information content (AvgIpc) is 3.08. The first kappa shape index (κ1) is 15.8. The van der Waals surface area contributed by atoms with Gasteiger partial charge in [0.1, 0.15) is 0 Å². The second kappa shape index (κ2) is 6.98. The molecule has 3 atom stereocenters. The van der Waals surface area contributed by atoms with Crippen molar-refractivity contribution in [3.8, 4) is 0 Å². The first-order chi connectivity index (χ1) is 10.6. The average molecular weight is 413 g/mol. The van der Waals surface area contributed by atoms with Gasteiger partial charge in [-0.25, -0.2) is 0 Å². The summed E-state index contributed by atoms with van der Waals surface area (Å²) in [7, 11) is 0. The van der Waals surface area contributed by atoms with E-state index in [9.17, 15) is 9.59 Å². The fourth-order valence-electron chi connectivity index (χ4n) is 3.81. The molecule has 0 heterocycles. The maximum atomic E-state index is 11.9. The third-order valence-electron chi connectivity index (χ3n) is 4.79. The Morgan fingerprint density at radius 1 is 1.27 bits per heavy atom. The topological polar surface area (TPSA) is 55.4 Å². The molecule has 0 spiro atoms. The van der Waals surface area contributed by atoms with Crippen LogP contribution in [0.5, 0.6) is 0 Å². The van der Waals surface area contributed by atoms with E-state index in [2.05, 4.69) is 27.9 Å². The molecule has 1 aromatic carbocycles. The summed E-state index contributed by atoms with van der Waals surface area (Å²) in [5.41, 5.74) is 0.723. The minimum atomic E-state index is -0.289. The normalized spacial score (nSPS) is 26.0. The maximum absolute atomic E-state index is 11.9. The van der Waals surface area contributed by atoms with E-state index in [1.807, 2.05) is 24.3 Å². The third kappa shape index (κ3) is 4.00. The van der Waals surface area contributed by atoms with E-state index in [-0.39, 0.29) is 18.5 Å². The van der Waals surface area contributed by atoms with Crippen molar-refractivity contribution in [2.45, 2.75) is 32.1 Å². The Bertz CT molecular complexity index is 575. The zero-order valence-electron chi connectivity index (χ0n) is 12.4. The Morgan fingerprint density at radius 2 is 2.14 bits per heavy atom. The van der Waals surface area contributed by atoms with Gasteiger partial charge in [-0.05, 0) is 77.8 Å².